The molecule has 1 saturated heterocycles. The molecular formula is C22H26ClN3O3. The summed E-state index contributed by atoms with van der Waals surface area (Å²) in [6.07, 6.45) is 1.59. The van der Waals surface area contributed by atoms with Gasteiger partial charge in [-0.05, 0) is 67.3 Å². The van der Waals surface area contributed by atoms with E-state index < -0.39 is 0 Å². The Labute approximate surface area is 176 Å². The number of carbonyl (C=O) groups excluding carboxylic acids is 2. The van der Waals surface area contributed by atoms with E-state index in [0.717, 1.165) is 24.3 Å². The van der Waals surface area contributed by atoms with E-state index in [9.17, 15) is 9.59 Å². The number of anilines is 2. The molecule has 1 fully saturated rings. The first-order valence-electron chi connectivity index (χ1n) is 9.72. The SMILES string of the molecule is COc1ccc(NC(=O)C(C)C2CCN(C(=O)Nc3ccc(Cl)cc3)CC2)cc1. The molecule has 7 heteroatoms. The molecule has 1 aliphatic rings. The minimum absolute atomic E-state index is 0.000711. The molecule has 1 aliphatic heterocycles. The second-order valence-corrected chi connectivity index (χ2v) is 7.70. The zero-order valence-electron chi connectivity index (χ0n) is 16.7. The van der Waals surface area contributed by atoms with Crippen molar-refractivity contribution < 1.29 is 14.3 Å². The summed E-state index contributed by atoms with van der Waals surface area (Å²) in [6, 6.07) is 14.2. The van der Waals surface area contributed by atoms with Crippen molar-refractivity contribution >= 4 is 34.9 Å². The largest absolute Gasteiger partial charge is 0.497 e. The molecule has 3 rings (SSSR count). The Morgan fingerprint density at radius 2 is 1.55 bits per heavy atom. The molecule has 6 nitrogen and oxygen atoms in total. The fraction of sp³-hybridized carbons (Fsp3) is 0.364. The number of carbonyl (C=O) groups is 2. The maximum Gasteiger partial charge on any atom is 0.321 e. The normalized spacial score (nSPS) is 15.5. The van der Waals surface area contributed by atoms with Gasteiger partial charge < -0.3 is 20.3 Å². The number of piperidine rings is 1. The molecule has 0 aromatic heterocycles. The standard InChI is InChI=1S/C22H26ClN3O3/c1-15(21(27)24-18-7-9-20(29-2)10-8-18)16-11-13-26(14-12-16)22(28)25-19-5-3-17(23)4-6-19/h3-10,15-16H,11-14H2,1-2H3,(H,24,27)(H,25,28). The molecule has 3 amide bonds. The van der Waals surface area contributed by atoms with Crippen LogP contribution in [0.25, 0.3) is 0 Å². The maximum atomic E-state index is 12.6. The van der Waals surface area contributed by atoms with Gasteiger partial charge in [-0.2, -0.15) is 0 Å². The van der Waals surface area contributed by atoms with Crippen molar-refractivity contribution in [2.45, 2.75) is 19.8 Å². The number of hydrogen-bond donors (Lipinski definition) is 2. The van der Waals surface area contributed by atoms with E-state index in [-0.39, 0.29) is 23.8 Å². The summed E-state index contributed by atoms with van der Waals surface area (Å²) in [6.45, 7) is 3.21. The van der Waals surface area contributed by atoms with E-state index >= 15 is 0 Å². The molecule has 0 spiro atoms. The topological polar surface area (TPSA) is 70.7 Å². The van der Waals surface area contributed by atoms with E-state index in [1.54, 1.807) is 36.3 Å². The van der Waals surface area contributed by atoms with Gasteiger partial charge in [0, 0.05) is 35.4 Å². The van der Waals surface area contributed by atoms with Crippen molar-refractivity contribution in [3.63, 3.8) is 0 Å². The van der Waals surface area contributed by atoms with Crippen LogP contribution in [0.4, 0.5) is 16.2 Å². The number of rotatable bonds is 5. The molecule has 1 unspecified atom stereocenters. The van der Waals surface area contributed by atoms with Gasteiger partial charge in [-0.1, -0.05) is 18.5 Å². The Bertz CT molecular complexity index is 831. The first kappa shape index (κ1) is 21.0. The average molecular weight is 416 g/mol. The number of urea groups is 1. The third-order valence-electron chi connectivity index (χ3n) is 5.40. The number of amides is 3. The van der Waals surface area contributed by atoms with Crippen LogP contribution in [0.1, 0.15) is 19.8 Å². The van der Waals surface area contributed by atoms with Crippen molar-refractivity contribution in [1.29, 1.82) is 0 Å². The van der Waals surface area contributed by atoms with Gasteiger partial charge in [-0.25, -0.2) is 4.79 Å². The van der Waals surface area contributed by atoms with Crippen molar-refractivity contribution in [3.8, 4) is 5.75 Å². The highest BCUT2D eigenvalue weighted by molar-refractivity contribution is 6.30. The number of benzene rings is 2. The van der Waals surface area contributed by atoms with Crippen LogP contribution >= 0.6 is 11.6 Å². The lowest BCUT2D eigenvalue weighted by Crippen LogP contribution is -2.43. The van der Waals surface area contributed by atoms with E-state index in [4.69, 9.17) is 16.3 Å². The molecule has 1 heterocycles. The van der Waals surface area contributed by atoms with Crippen LogP contribution < -0.4 is 15.4 Å². The molecule has 29 heavy (non-hydrogen) atoms. The summed E-state index contributed by atoms with van der Waals surface area (Å²) < 4.78 is 5.13. The Morgan fingerprint density at radius 1 is 1.00 bits per heavy atom. The second-order valence-electron chi connectivity index (χ2n) is 7.27. The zero-order valence-corrected chi connectivity index (χ0v) is 17.4. The molecule has 2 aromatic rings. The van der Waals surface area contributed by atoms with Gasteiger partial charge in [0.15, 0.2) is 0 Å². The van der Waals surface area contributed by atoms with Gasteiger partial charge in [0.1, 0.15) is 5.75 Å². The lowest BCUT2D eigenvalue weighted by molar-refractivity contribution is -0.121. The lowest BCUT2D eigenvalue weighted by atomic mass is 9.85. The predicted octanol–water partition coefficient (Wildman–Crippen LogP) is 4.87. The summed E-state index contributed by atoms with van der Waals surface area (Å²) >= 11 is 5.87. The molecule has 0 aliphatic carbocycles. The van der Waals surface area contributed by atoms with Crippen molar-refractivity contribution in [2.75, 3.05) is 30.8 Å². The first-order valence-corrected chi connectivity index (χ1v) is 10.1. The molecular weight excluding hydrogens is 390 g/mol. The fourth-order valence-electron chi connectivity index (χ4n) is 3.48. The fourth-order valence-corrected chi connectivity index (χ4v) is 3.61. The first-order chi connectivity index (χ1) is 14.0. The zero-order chi connectivity index (χ0) is 20.8. The van der Waals surface area contributed by atoms with Crippen molar-refractivity contribution in [3.05, 3.63) is 53.6 Å². The number of nitrogens with zero attached hydrogens (tertiary/aromatic N) is 1. The van der Waals surface area contributed by atoms with Gasteiger partial charge in [0.25, 0.3) is 0 Å². The van der Waals surface area contributed by atoms with Crippen LogP contribution in [-0.4, -0.2) is 37.0 Å². The lowest BCUT2D eigenvalue weighted by Gasteiger charge is -2.34. The summed E-state index contributed by atoms with van der Waals surface area (Å²) in [4.78, 5) is 26.8. The van der Waals surface area contributed by atoms with E-state index in [1.807, 2.05) is 31.2 Å². The summed E-state index contributed by atoms with van der Waals surface area (Å²) in [7, 11) is 1.61. The van der Waals surface area contributed by atoms with E-state index in [2.05, 4.69) is 10.6 Å². The Hall–Kier alpha value is -2.73. The highest BCUT2D eigenvalue weighted by Gasteiger charge is 2.30. The van der Waals surface area contributed by atoms with Crippen molar-refractivity contribution in [2.24, 2.45) is 11.8 Å². The van der Waals surface area contributed by atoms with Crippen LogP contribution in [0.15, 0.2) is 48.5 Å². The number of nitrogens with one attached hydrogen (secondary N) is 2. The predicted molar refractivity (Wildman–Crippen MR) is 116 cm³/mol. The Morgan fingerprint density at radius 3 is 2.14 bits per heavy atom. The minimum Gasteiger partial charge on any atom is -0.497 e. The number of ether oxygens (including phenoxy) is 1. The summed E-state index contributed by atoms with van der Waals surface area (Å²) in [5, 5.41) is 6.48. The van der Waals surface area contributed by atoms with Gasteiger partial charge in [-0.3, -0.25) is 4.79 Å². The number of hydrogen-bond acceptors (Lipinski definition) is 3. The van der Waals surface area contributed by atoms with Crippen molar-refractivity contribution in [1.82, 2.24) is 4.90 Å². The molecule has 1 atom stereocenters. The summed E-state index contributed by atoms with van der Waals surface area (Å²) in [5.41, 5.74) is 1.47. The monoisotopic (exact) mass is 415 g/mol. The molecule has 2 N–H and O–H groups in total. The molecule has 2 aromatic carbocycles. The average Bonchev–Trinajstić information content (AvgIpc) is 2.75. The third-order valence-corrected chi connectivity index (χ3v) is 5.65. The van der Waals surface area contributed by atoms with Gasteiger partial charge in [-0.15, -0.1) is 0 Å². The Kier molecular flexibility index (Phi) is 6.99. The highest BCUT2D eigenvalue weighted by Crippen LogP contribution is 2.27. The molecule has 0 radical (unpaired) electrons. The highest BCUT2D eigenvalue weighted by atomic mass is 35.5. The summed E-state index contributed by atoms with van der Waals surface area (Å²) in [5.74, 6) is 0.867. The third kappa shape index (κ3) is 5.64. The molecule has 0 bridgehead atoms. The quantitative estimate of drug-likeness (QED) is 0.732. The number of halogens is 1. The van der Waals surface area contributed by atoms with Gasteiger partial charge in [0.05, 0.1) is 7.11 Å². The molecule has 0 saturated carbocycles. The van der Waals surface area contributed by atoms with E-state index in [1.165, 1.54) is 0 Å². The minimum atomic E-state index is -0.126. The molecule has 154 valence electrons. The van der Waals surface area contributed by atoms with Crippen LogP contribution in [-0.2, 0) is 4.79 Å². The number of likely N-dealkylation sites (tertiary alicyclic amines) is 1. The smallest absolute Gasteiger partial charge is 0.321 e. The Balaban J connectivity index is 1.47. The van der Waals surface area contributed by atoms with Gasteiger partial charge >= 0.3 is 6.03 Å². The van der Waals surface area contributed by atoms with Crippen LogP contribution in [0.3, 0.4) is 0 Å². The van der Waals surface area contributed by atoms with Crippen LogP contribution in [0.5, 0.6) is 5.75 Å². The second kappa shape index (κ2) is 9.65. The van der Waals surface area contributed by atoms with Gasteiger partial charge in [0.2, 0.25) is 5.91 Å². The maximum absolute atomic E-state index is 12.6. The van der Waals surface area contributed by atoms with Crippen LogP contribution in [0, 0.1) is 11.8 Å². The van der Waals surface area contributed by atoms with Crippen LogP contribution in [0.2, 0.25) is 5.02 Å². The number of methoxy groups -OCH3 is 1. The van der Waals surface area contributed by atoms with E-state index in [0.29, 0.717) is 23.8 Å².